The lowest BCUT2D eigenvalue weighted by atomic mass is 10.1. The van der Waals surface area contributed by atoms with E-state index in [9.17, 15) is 13.2 Å². The van der Waals surface area contributed by atoms with Crippen LogP contribution >= 0.6 is 11.6 Å². The van der Waals surface area contributed by atoms with Gasteiger partial charge in [-0.3, -0.25) is 0 Å². The molecule has 8 heteroatoms. The van der Waals surface area contributed by atoms with Crippen molar-refractivity contribution in [1.29, 1.82) is 0 Å². The van der Waals surface area contributed by atoms with Crippen molar-refractivity contribution in [2.75, 3.05) is 37.8 Å². The highest BCUT2D eigenvalue weighted by Crippen LogP contribution is 2.21. The SMILES string of the molecule is CC(CCl)CS(=O)(=O)N1CCC(N2CCNC2=O)CC1. The third kappa shape index (κ3) is 3.56. The number of rotatable bonds is 5. The van der Waals surface area contributed by atoms with E-state index < -0.39 is 10.0 Å². The van der Waals surface area contributed by atoms with Crippen LogP contribution in [0.4, 0.5) is 4.79 Å². The first kappa shape index (κ1) is 15.9. The highest BCUT2D eigenvalue weighted by atomic mass is 35.5. The van der Waals surface area contributed by atoms with Gasteiger partial charge in [-0.2, -0.15) is 0 Å². The van der Waals surface area contributed by atoms with E-state index in [1.165, 1.54) is 0 Å². The average molecular weight is 324 g/mol. The van der Waals surface area contributed by atoms with Crippen molar-refractivity contribution in [1.82, 2.24) is 14.5 Å². The second-order valence-electron chi connectivity index (χ2n) is 5.59. The first-order chi connectivity index (χ1) is 9.44. The quantitative estimate of drug-likeness (QED) is 0.756. The second kappa shape index (κ2) is 6.49. The predicted molar refractivity (Wildman–Crippen MR) is 78.4 cm³/mol. The minimum absolute atomic E-state index is 0.0259. The van der Waals surface area contributed by atoms with E-state index in [0.717, 1.165) is 6.54 Å². The lowest BCUT2D eigenvalue weighted by Gasteiger charge is -2.35. The number of urea groups is 1. The molecule has 2 amide bonds. The molecule has 2 fully saturated rings. The Bertz CT molecular complexity index is 449. The predicted octanol–water partition coefficient (Wildman–Crippen LogP) is 0.681. The van der Waals surface area contributed by atoms with Crippen molar-refractivity contribution < 1.29 is 13.2 Å². The molecule has 2 aliphatic rings. The van der Waals surface area contributed by atoms with Crippen LogP contribution in [0.1, 0.15) is 19.8 Å². The maximum Gasteiger partial charge on any atom is 0.317 e. The van der Waals surface area contributed by atoms with Crippen LogP contribution in [-0.2, 0) is 10.0 Å². The minimum atomic E-state index is -3.23. The molecular formula is C12H22ClN3O3S. The molecule has 2 rings (SSSR count). The summed E-state index contributed by atoms with van der Waals surface area (Å²) >= 11 is 5.69. The Labute approximate surface area is 125 Å². The standard InChI is InChI=1S/C12H22ClN3O3S/c1-10(8-13)9-20(18,19)15-5-2-11(3-6-15)16-7-4-14-12(16)17/h10-11H,2-9H2,1H3,(H,14,17). The van der Waals surface area contributed by atoms with Crippen molar-refractivity contribution in [3.05, 3.63) is 0 Å². The van der Waals surface area contributed by atoms with Gasteiger partial charge in [-0.25, -0.2) is 17.5 Å². The molecule has 2 heterocycles. The van der Waals surface area contributed by atoms with Crippen LogP contribution < -0.4 is 5.32 Å². The summed E-state index contributed by atoms with van der Waals surface area (Å²) in [5, 5.41) is 2.78. The molecule has 0 aromatic rings. The molecule has 116 valence electrons. The zero-order valence-electron chi connectivity index (χ0n) is 11.7. The lowest BCUT2D eigenvalue weighted by Crippen LogP contribution is -2.48. The van der Waals surface area contributed by atoms with Gasteiger partial charge in [0, 0.05) is 38.1 Å². The van der Waals surface area contributed by atoms with Crippen molar-refractivity contribution in [2.45, 2.75) is 25.8 Å². The Morgan fingerprint density at radius 3 is 2.50 bits per heavy atom. The van der Waals surface area contributed by atoms with E-state index >= 15 is 0 Å². The van der Waals surface area contributed by atoms with Gasteiger partial charge >= 0.3 is 6.03 Å². The monoisotopic (exact) mass is 323 g/mol. The number of carbonyl (C=O) groups excluding carboxylic acids is 1. The zero-order valence-corrected chi connectivity index (χ0v) is 13.3. The van der Waals surface area contributed by atoms with Crippen LogP contribution in [-0.4, -0.2) is 67.5 Å². The van der Waals surface area contributed by atoms with Crippen LogP contribution in [0.25, 0.3) is 0 Å². The summed E-state index contributed by atoms with van der Waals surface area (Å²) in [6.45, 7) is 4.23. The van der Waals surface area contributed by atoms with E-state index in [2.05, 4.69) is 5.32 Å². The average Bonchev–Trinajstić information content (AvgIpc) is 2.84. The molecule has 0 spiro atoms. The van der Waals surface area contributed by atoms with Crippen LogP contribution in [0.3, 0.4) is 0 Å². The summed E-state index contributed by atoms with van der Waals surface area (Å²) in [5.74, 6) is 0.415. The molecule has 0 aromatic heterocycles. The van der Waals surface area contributed by atoms with E-state index in [4.69, 9.17) is 11.6 Å². The second-order valence-corrected chi connectivity index (χ2v) is 7.92. The van der Waals surface area contributed by atoms with E-state index in [-0.39, 0.29) is 23.7 Å². The fourth-order valence-corrected chi connectivity index (χ4v) is 4.83. The lowest BCUT2D eigenvalue weighted by molar-refractivity contribution is 0.167. The number of hydrogen-bond acceptors (Lipinski definition) is 3. The molecular weight excluding hydrogens is 302 g/mol. The van der Waals surface area contributed by atoms with Crippen LogP contribution in [0.5, 0.6) is 0 Å². The highest BCUT2D eigenvalue weighted by molar-refractivity contribution is 7.89. The molecule has 0 bridgehead atoms. The molecule has 2 saturated heterocycles. The number of sulfonamides is 1. The number of amides is 2. The Kier molecular flexibility index (Phi) is 5.14. The molecule has 2 aliphatic heterocycles. The molecule has 1 unspecified atom stereocenters. The van der Waals surface area contributed by atoms with Crippen LogP contribution in [0.2, 0.25) is 0 Å². The topological polar surface area (TPSA) is 69.7 Å². The Hall–Kier alpha value is -0.530. The first-order valence-corrected chi connectivity index (χ1v) is 9.16. The van der Waals surface area contributed by atoms with Gasteiger partial charge in [-0.1, -0.05) is 6.92 Å². The van der Waals surface area contributed by atoms with Gasteiger partial charge in [0.2, 0.25) is 10.0 Å². The molecule has 1 N–H and O–H groups in total. The number of hydrogen-bond donors (Lipinski definition) is 1. The van der Waals surface area contributed by atoms with Gasteiger partial charge in [0.15, 0.2) is 0 Å². The minimum Gasteiger partial charge on any atom is -0.336 e. The zero-order chi connectivity index (χ0) is 14.8. The Balaban J connectivity index is 1.89. The summed E-state index contributed by atoms with van der Waals surface area (Å²) in [7, 11) is -3.23. The van der Waals surface area contributed by atoms with Gasteiger partial charge < -0.3 is 10.2 Å². The van der Waals surface area contributed by atoms with Gasteiger partial charge in [-0.05, 0) is 18.8 Å². The van der Waals surface area contributed by atoms with Crippen molar-refractivity contribution in [3.63, 3.8) is 0 Å². The summed E-state index contributed by atoms with van der Waals surface area (Å²) < 4.78 is 26.0. The highest BCUT2D eigenvalue weighted by Gasteiger charge is 2.34. The third-order valence-corrected chi connectivity index (χ3v) is 6.57. The van der Waals surface area contributed by atoms with Crippen molar-refractivity contribution in [3.8, 4) is 0 Å². The molecule has 20 heavy (non-hydrogen) atoms. The van der Waals surface area contributed by atoms with Crippen LogP contribution in [0, 0.1) is 5.92 Å². The summed E-state index contributed by atoms with van der Waals surface area (Å²) in [6, 6.07) is 0.136. The van der Waals surface area contributed by atoms with Gasteiger partial charge in [0.05, 0.1) is 5.75 Å². The van der Waals surface area contributed by atoms with Gasteiger partial charge in [0.1, 0.15) is 0 Å². The number of alkyl halides is 1. The molecule has 0 saturated carbocycles. The van der Waals surface area contributed by atoms with E-state index in [1.807, 2.05) is 11.8 Å². The first-order valence-electron chi connectivity index (χ1n) is 7.02. The summed E-state index contributed by atoms with van der Waals surface area (Å²) in [5.41, 5.74) is 0. The normalized spacial score (nSPS) is 23.9. The number of nitrogens with zero attached hydrogens (tertiary/aromatic N) is 2. The third-order valence-electron chi connectivity index (χ3n) is 3.91. The van der Waals surface area contributed by atoms with Crippen molar-refractivity contribution in [2.24, 2.45) is 5.92 Å². The molecule has 0 radical (unpaired) electrons. The number of halogens is 1. The Morgan fingerprint density at radius 1 is 1.35 bits per heavy atom. The number of piperidine rings is 1. The number of carbonyl (C=O) groups is 1. The Morgan fingerprint density at radius 2 is 2.00 bits per heavy atom. The molecule has 6 nitrogen and oxygen atoms in total. The number of nitrogens with one attached hydrogen (secondary N) is 1. The van der Waals surface area contributed by atoms with Crippen LogP contribution in [0.15, 0.2) is 0 Å². The van der Waals surface area contributed by atoms with E-state index in [0.29, 0.717) is 38.4 Å². The smallest absolute Gasteiger partial charge is 0.317 e. The molecule has 1 atom stereocenters. The summed E-state index contributed by atoms with van der Waals surface area (Å²) in [6.07, 6.45) is 1.42. The maximum absolute atomic E-state index is 12.2. The fourth-order valence-electron chi connectivity index (χ4n) is 2.78. The summed E-state index contributed by atoms with van der Waals surface area (Å²) in [4.78, 5) is 13.4. The fraction of sp³-hybridized carbons (Fsp3) is 0.917. The molecule has 0 aliphatic carbocycles. The van der Waals surface area contributed by atoms with E-state index in [1.54, 1.807) is 4.31 Å². The maximum atomic E-state index is 12.2. The van der Waals surface area contributed by atoms with Gasteiger partial charge in [-0.15, -0.1) is 11.6 Å². The van der Waals surface area contributed by atoms with Crippen molar-refractivity contribution >= 4 is 27.7 Å². The van der Waals surface area contributed by atoms with Gasteiger partial charge in [0.25, 0.3) is 0 Å². The largest absolute Gasteiger partial charge is 0.336 e. The molecule has 0 aromatic carbocycles.